The van der Waals surface area contributed by atoms with E-state index in [0.717, 1.165) is 0 Å². The highest BCUT2D eigenvalue weighted by Crippen LogP contribution is 2.05. The predicted molar refractivity (Wildman–Crippen MR) is 117 cm³/mol. The molecule has 0 aliphatic carbocycles. The minimum atomic E-state index is -0.916. The lowest BCUT2D eigenvalue weighted by Crippen LogP contribution is -2.48. The zero-order valence-electron chi connectivity index (χ0n) is 18.8. The van der Waals surface area contributed by atoms with Gasteiger partial charge in [-0.3, -0.25) is 34.0 Å². The molecule has 0 aromatic heterocycles. The number of ketones is 1. The molecule has 1 saturated heterocycles. The summed E-state index contributed by atoms with van der Waals surface area (Å²) < 4.78 is 0. The maximum absolute atomic E-state index is 12.4. The highest BCUT2D eigenvalue weighted by Gasteiger charge is 2.20. The number of aliphatic hydroxyl groups is 1. The van der Waals surface area contributed by atoms with Gasteiger partial charge >= 0.3 is 11.9 Å². The maximum atomic E-state index is 12.4. The van der Waals surface area contributed by atoms with Gasteiger partial charge in [0.2, 0.25) is 0 Å². The largest absolute Gasteiger partial charge is 0.512 e. The monoisotopic (exact) mass is 442 g/mol. The lowest BCUT2D eigenvalue weighted by molar-refractivity contribution is -0.139. The van der Waals surface area contributed by atoms with Crippen LogP contribution in [0.15, 0.2) is 12.3 Å². The molecule has 0 atom stereocenters. The third kappa shape index (κ3) is 13.1. The quantitative estimate of drug-likeness (QED) is 0.400. The minimum Gasteiger partial charge on any atom is -0.512 e. The van der Waals surface area contributed by atoms with Gasteiger partial charge in [0.1, 0.15) is 5.78 Å². The Kier molecular flexibility index (Phi) is 12.3. The number of carbonyl (C=O) groups is 3. The Bertz CT molecular complexity index is 581. The van der Waals surface area contributed by atoms with Crippen molar-refractivity contribution in [2.75, 3.05) is 78.5 Å². The highest BCUT2D eigenvalue weighted by molar-refractivity contribution is 5.80. The molecule has 10 nitrogen and oxygen atoms in total. The van der Waals surface area contributed by atoms with E-state index in [4.69, 9.17) is 0 Å². The van der Waals surface area contributed by atoms with Crippen molar-refractivity contribution < 1.29 is 29.7 Å². The fraction of sp³-hybridized carbons (Fsp3) is 0.762. The first-order valence-corrected chi connectivity index (χ1v) is 10.8. The topological polar surface area (TPSA) is 125 Å². The molecule has 0 amide bonds. The van der Waals surface area contributed by atoms with Crippen LogP contribution < -0.4 is 0 Å². The Morgan fingerprint density at radius 1 is 0.677 bits per heavy atom. The first-order chi connectivity index (χ1) is 14.5. The zero-order chi connectivity index (χ0) is 23.4. The standard InChI is InChI=1S/C21H38N4O6/c1-17(2)12-19(27)14-23-6-10-24(15-20(28)29)8-4-22(13-18(3)26)5-9-25(11-7-23)16-21(30)31/h17,26H,3-16H2,1-2H3,(H,28,29)(H,30,31). The summed E-state index contributed by atoms with van der Waals surface area (Å²) in [6.45, 7) is 11.8. The molecule has 0 aromatic carbocycles. The number of Topliss-reactive ketones (excluding diaryl/α,β-unsaturated/α-hetero) is 1. The smallest absolute Gasteiger partial charge is 0.317 e. The van der Waals surface area contributed by atoms with Gasteiger partial charge in [-0.05, 0) is 5.92 Å². The van der Waals surface area contributed by atoms with Gasteiger partial charge in [-0.15, -0.1) is 0 Å². The van der Waals surface area contributed by atoms with Crippen molar-refractivity contribution in [3.8, 4) is 0 Å². The second-order valence-corrected chi connectivity index (χ2v) is 8.59. The Morgan fingerprint density at radius 3 is 1.29 bits per heavy atom. The van der Waals surface area contributed by atoms with Gasteiger partial charge in [-0.2, -0.15) is 0 Å². The van der Waals surface area contributed by atoms with E-state index in [1.54, 1.807) is 0 Å². The normalized spacial score (nSPS) is 18.9. The number of nitrogens with zero attached hydrogens (tertiary/aromatic N) is 4. The Hall–Kier alpha value is -2.01. The van der Waals surface area contributed by atoms with Crippen molar-refractivity contribution in [3.05, 3.63) is 12.3 Å². The number of aliphatic hydroxyl groups excluding tert-OH is 1. The van der Waals surface area contributed by atoms with Crippen molar-refractivity contribution in [2.24, 2.45) is 5.92 Å². The van der Waals surface area contributed by atoms with Crippen LogP contribution >= 0.6 is 0 Å². The number of carboxylic acids is 2. The van der Waals surface area contributed by atoms with Gasteiger partial charge < -0.3 is 15.3 Å². The Labute approximate surface area is 184 Å². The molecule has 0 unspecified atom stereocenters. The zero-order valence-corrected chi connectivity index (χ0v) is 18.8. The number of rotatable bonds is 10. The van der Waals surface area contributed by atoms with Crippen molar-refractivity contribution in [3.63, 3.8) is 0 Å². The highest BCUT2D eigenvalue weighted by atomic mass is 16.4. The minimum absolute atomic E-state index is 0.0107. The number of carbonyl (C=O) groups excluding carboxylic acids is 1. The number of hydrogen-bond acceptors (Lipinski definition) is 8. The van der Waals surface area contributed by atoms with Gasteiger partial charge in [0.15, 0.2) is 0 Å². The molecular formula is C21H38N4O6. The summed E-state index contributed by atoms with van der Waals surface area (Å²) in [5.41, 5.74) is 0. The molecule has 1 aliphatic heterocycles. The van der Waals surface area contributed by atoms with Crippen LogP contribution in [0.1, 0.15) is 20.3 Å². The van der Waals surface area contributed by atoms with Gasteiger partial charge in [-0.1, -0.05) is 20.4 Å². The first kappa shape index (κ1) is 27.0. The molecule has 3 N–H and O–H groups in total. The molecule has 1 rings (SSSR count). The number of hydrogen-bond donors (Lipinski definition) is 3. The van der Waals surface area contributed by atoms with Crippen LogP contribution in [-0.2, 0) is 14.4 Å². The molecule has 178 valence electrons. The van der Waals surface area contributed by atoms with Crippen LogP contribution in [0, 0.1) is 5.92 Å². The van der Waals surface area contributed by atoms with Crippen LogP contribution in [0.5, 0.6) is 0 Å². The van der Waals surface area contributed by atoms with E-state index in [1.165, 1.54) is 0 Å². The summed E-state index contributed by atoms with van der Waals surface area (Å²) in [4.78, 5) is 42.5. The summed E-state index contributed by atoms with van der Waals surface area (Å²) in [5, 5.41) is 28.1. The Morgan fingerprint density at radius 2 is 1.00 bits per heavy atom. The van der Waals surface area contributed by atoms with E-state index in [2.05, 4.69) is 6.58 Å². The molecule has 1 fully saturated rings. The fourth-order valence-corrected chi connectivity index (χ4v) is 3.62. The van der Waals surface area contributed by atoms with Crippen molar-refractivity contribution in [1.82, 2.24) is 19.6 Å². The average molecular weight is 443 g/mol. The second-order valence-electron chi connectivity index (χ2n) is 8.59. The van der Waals surface area contributed by atoms with Crippen LogP contribution in [-0.4, -0.2) is 131 Å². The van der Waals surface area contributed by atoms with Crippen LogP contribution in [0.4, 0.5) is 0 Å². The third-order valence-corrected chi connectivity index (χ3v) is 5.09. The van der Waals surface area contributed by atoms with Gasteiger partial charge in [0, 0.05) is 58.8 Å². The van der Waals surface area contributed by atoms with E-state index in [0.29, 0.717) is 58.8 Å². The summed E-state index contributed by atoms with van der Waals surface area (Å²) in [5.74, 6) is -1.43. The molecule has 0 saturated carbocycles. The van der Waals surface area contributed by atoms with Crippen LogP contribution in [0.2, 0.25) is 0 Å². The molecule has 1 heterocycles. The van der Waals surface area contributed by atoms with Gasteiger partial charge in [0.05, 0.1) is 31.9 Å². The molecule has 0 aromatic rings. The molecule has 0 spiro atoms. The van der Waals surface area contributed by atoms with E-state index >= 15 is 0 Å². The van der Waals surface area contributed by atoms with E-state index < -0.39 is 11.9 Å². The lowest BCUT2D eigenvalue weighted by atomic mass is 10.1. The molecule has 0 radical (unpaired) electrons. The molecule has 31 heavy (non-hydrogen) atoms. The average Bonchev–Trinajstić information content (AvgIpc) is 2.62. The van der Waals surface area contributed by atoms with Gasteiger partial charge in [-0.25, -0.2) is 0 Å². The molecule has 0 bridgehead atoms. The summed E-state index contributed by atoms with van der Waals surface area (Å²) in [6.07, 6.45) is 0.480. The molecule has 1 aliphatic rings. The second kappa shape index (κ2) is 14.1. The van der Waals surface area contributed by atoms with Crippen molar-refractivity contribution in [2.45, 2.75) is 20.3 Å². The molecular weight excluding hydrogens is 404 g/mol. The fourth-order valence-electron chi connectivity index (χ4n) is 3.62. The first-order valence-electron chi connectivity index (χ1n) is 10.8. The van der Waals surface area contributed by atoms with E-state index in [9.17, 15) is 29.7 Å². The summed E-state index contributed by atoms with van der Waals surface area (Å²) in [7, 11) is 0. The van der Waals surface area contributed by atoms with Crippen LogP contribution in [0.25, 0.3) is 0 Å². The SMILES string of the molecule is C=C(O)CN1CCN(CC(=O)O)CCN(CC(=O)CC(C)C)CCN(CC(=O)O)CC1. The third-order valence-electron chi connectivity index (χ3n) is 5.09. The summed E-state index contributed by atoms with van der Waals surface area (Å²) in [6, 6.07) is 0. The van der Waals surface area contributed by atoms with E-state index in [-0.39, 0.29) is 43.6 Å². The predicted octanol–water partition coefficient (Wildman–Crippen LogP) is 0.0641. The van der Waals surface area contributed by atoms with Crippen molar-refractivity contribution in [1.29, 1.82) is 0 Å². The summed E-state index contributed by atoms with van der Waals surface area (Å²) >= 11 is 0. The van der Waals surface area contributed by atoms with Crippen molar-refractivity contribution >= 4 is 17.7 Å². The Balaban J connectivity index is 2.93. The van der Waals surface area contributed by atoms with Crippen LogP contribution in [0.3, 0.4) is 0 Å². The van der Waals surface area contributed by atoms with Gasteiger partial charge in [0.25, 0.3) is 0 Å². The number of carboxylic acid groups (broad SMARTS) is 2. The number of aliphatic carboxylic acids is 2. The maximum Gasteiger partial charge on any atom is 0.317 e. The lowest BCUT2D eigenvalue weighted by Gasteiger charge is -2.33. The molecule has 10 heteroatoms. The van der Waals surface area contributed by atoms with E-state index in [1.807, 2.05) is 33.4 Å².